The van der Waals surface area contributed by atoms with Crippen LogP contribution < -0.4 is 31.0 Å². The van der Waals surface area contributed by atoms with Crippen molar-refractivity contribution in [2.24, 2.45) is 0 Å². The zero-order chi connectivity index (χ0) is 25.1. The fraction of sp³-hybridized carbons (Fsp3) is 0.250. The van der Waals surface area contributed by atoms with Gasteiger partial charge in [0.05, 0.1) is 14.2 Å². The molecule has 0 atom stereocenters. The molecule has 0 aliphatic rings. The number of amides is 3. The largest absolute Gasteiger partial charge is 0.493 e. The van der Waals surface area contributed by atoms with Gasteiger partial charge in [0, 0.05) is 24.6 Å². The van der Waals surface area contributed by atoms with Gasteiger partial charge in [0.1, 0.15) is 0 Å². The molecule has 2 aromatic rings. The smallest absolute Gasteiger partial charge is 0.250 e. The number of methoxy groups -OCH3 is 2. The molecule has 0 unspecified atom stereocenters. The van der Waals surface area contributed by atoms with Gasteiger partial charge in [-0.25, -0.2) is 0 Å². The number of hydrogen-bond donors (Lipinski definition) is 4. The van der Waals surface area contributed by atoms with E-state index in [0.717, 1.165) is 16.7 Å². The number of carbonyl (C=O) groups is 3. The predicted molar refractivity (Wildman–Crippen MR) is 134 cm³/mol. The Hall–Kier alpha value is -3.92. The topological polar surface area (TPSA) is 118 Å². The lowest BCUT2D eigenvalue weighted by Crippen LogP contribution is -2.48. The molecule has 4 N–H and O–H groups in total. The van der Waals surface area contributed by atoms with Gasteiger partial charge in [-0.15, -0.1) is 0 Å². The van der Waals surface area contributed by atoms with Gasteiger partial charge >= 0.3 is 0 Å². The second kappa shape index (κ2) is 12.9. The van der Waals surface area contributed by atoms with E-state index in [1.807, 2.05) is 32.0 Å². The molecule has 3 amide bonds. The summed E-state index contributed by atoms with van der Waals surface area (Å²) in [5.74, 6) is -0.108. The van der Waals surface area contributed by atoms with Crippen LogP contribution in [0, 0.1) is 13.8 Å². The van der Waals surface area contributed by atoms with Crippen LogP contribution in [-0.4, -0.2) is 37.1 Å². The maximum Gasteiger partial charge on any atom is 0.250 e. The van der Waals surface area contributed by atoms with E-state index in [4.69, 9.17) is 21.7 Å². The van der Waals surface area contributed by atoms with E-state index in [1.165, 1.54) is 20.3 Å². The first-order chi connectivity index (χ1) is 16.2. The summed E-state index contributed by atoms with van der Waals surface area (Å²) in [6, 6.07) is 10.9. The summed E-state index contributed by atoms with van der Waals surface area (Å²) < 4.78 is 10.4. The molecule has 0 saturated carbocycles. The number of aryl methyl sites for hydroxylation is 2. The molecule has 180 valence electrons. The van der Waals surface area contributed by atoms with E-state index in [9.17, 15) is 14.4 Å². The maximum atomic E-state index is 12.1. The highest BCUT2D eigenvalue weighted by Gasteiger charge is 2.10. The van der Waals surface area contributed by atoms with Crippen molar-refractivity contribution in [2.45, 2.75) is 26.7 Å². The van der Waals surface area contributed by atoms with Crippen LogP contribution in [0.3, 0.4) is 0 Å². The number of hydrazine groups is 1. The van der Waals surface area contributed by atoms with Crippen LogP contribution in [0.2, 0.25) is 0 Å². The van der Waals surface area contributed by atoms with Crippen molar-refractivity contribution in [3.05, 3.63) is 59.2 Å². The summed E-state index contributed by atoms with van der Waals surface area (Å²) in [6.45, 7) is 3.83. The number of ether oxygens (including phenoxy) is 2. The Bertz CT molecular complexity index is 1100. The van der Waals surface area contributed by atoms with Crippen molar-refractivity contribution in [1.29, 1.82) is 0 Å². The van der Waals surface area contributed by atoms with Gasteiger partial charge < -0.3 is 14.8 Å². The molecule has 0 aromatic heterocycles. The van der Waals surface area contributed by atoms with Crippen LogP contribution >= 0.6 is 12.2 Å². The minimum absolute atomic E-state index is 0.00588. The van der Waals surface area contributed by atoms with Gasteiger partial charge in [0.15, 0.2) is 16.6 Å². The molecule has 0 saturated heterocycles. The number of anilines is 1. The Kier molecular flexibility index (Phi) is 10.0. The van der Waals surface area contributed by atoms with Crippen LogP contribution in [-0.2, 0) is 14.4 Å². The van der Waals surface area contributed by atoms with E-state index in [0.29, 0.717) is 17.2 Å². The predicted octanol–water partition coefficient (Wildman–Crippen LogP) is 2.77. The molecule has 2 aromatic carbocycles. The van der Waals surface area contributed by atoms with Crippen molar-refractivity contribution in [3.63, 3.8) is 0 Å². The molecule has 2 rings (SSSR count). The van der Waals surface area contributed by atoms with Gasteiger partial charge in [-0.05, 0) is 67.0 Å². The molecule has 0 radical (unpaired) electrons. The Morgan fingerprint density at radius 1 is 0.912 bits per heavy atom. The molecule has 0 bridgehead atoms. The molecule has 9 nitrogen and oxygen atoms in total. The summed E-state index contributed by atoms with van der Waals surface area (Å²) in [6.07, 6.45) is 2.80. The fourth-order valence-electron chi connectivity index (χ4n) is 2.81. The fourth-order valence-corrected chi connectivity index (χ4v) is 2.96. The Balaban J connectivity index is 1.73. The number of thiocarbonyl (C=S) groups is 1. The lowest BCUT2D eigenvalue weighted by molar-refractivity contribution is -0.124. The van der Waals surface area contributed by atoms with E-state index in [1.54, 1.807) is 24.3 Å². The third-order valence-corrected chi connectivity index (χ3v) is 4.84. The van der Waals surface area contributed by atoms with Crippen molar-refractivity contribution in [2.75, 3.05) is 19.5 Å². The van der Waals surface area contributed by atoms with Gasteiger partial charge in [-0.3, -0.25) is 30.6 Å². The molecule has 0 aliphatic heterocycles. The van der Waals surface area contributed by atoms with Crippen molar-refractivity contribution >= 4 is 46.8 Å². The quantitative estimate of drug-likeness (QED) is 0.259. The summed E-state index contributed by atoms with van der Waals surface area (Å²) in [5, 5.41) is 5.12. The average molecular weight is 485 g/mol. The number of hydrogen-bond acceptors (Lipinski definition) is 6. The maximum absolute atomic E-state index is 12.1. The summed E-state index contributed by atoms with van der Waals surface area (Å²) in [7, 11) is 3.06. The minimum Gasteiger partial charge on any atom is -0.493 e. The van der Waals surface area contributed by atoms with Crippen LogP contribution in [0.25, 0.3) is 6.08 Å². The summed E-state index contributed by atoms with van der Waals surface area (Å²) >= 11 is 4.99. The molecule has 0 fully saturated rings. The Morgan fingerprint density at radius 3 is 2.32 bits per heavy atom. The standard InChI is InChI=1S/C24H28N4O5S/c1-15-5-6-16(2)18(13-15)25-21(29)11-12-23(31)27-28-24(34)26-22(30)10-8-17-7-9-19(32-3)20(14-17)33-4/h5-10,13-14H,11-12H2,1-4H3,(H,25,29)(H,27,31)(H2,26,28,30,34). The highest BCUT2D eigenvalue weighted by Crippen LogP contribution is 2.27. The van der Waals surface area contributed by atoms with E-state index in [-0.39, 0.29) is 23.9 Å². The molecule has 0 heterocycles. The second-order valence-corrected chi connectivity index (χ2v) is 7.71. The SMILES string of the molecule is COc1ccc(C=CC(=O)NC(=S)NNC(=O)CCC(=O)Nc2cc(C)ccc2C)cc1OC. The van der Waals surface area contributed by atoms with Crippen LogP contribution in [0.15, 0.2) is 42.5 Å². The molecular formula is C24H28N4O5S. The second-order valence-electron chi connectivity index (χ2n) is 7.31. The number of carbonyl (C=O) groups excluding carboxylic acids is 3. The number of nitrogens with one attached hydrogen (secondary N) is 4. The van der Waals surface area contributed by atoms with E-state index >= 15 is 0 Å². The lowest BCUT2D eigenvalue weighted by atomic mass is 10.1. The molecular weight excluding hydrogens is 456 g/mol. The molecule has 0 spiro atoms. The Labute approximate surface area is 203 Å². The lowest BCUT2D eigenvalue weighted by Gasteiger charge is -2.11. The van der Waals surface area contributed by atoms with Crippen molar-refractivity contribution in [3.8, 4) is 11.5 Å². The third-order valence-electron chi connectivity index (χ3n) is 4.63. The first kappa shape index (κ1) is 26.3. The van der Waals surface area contributed by atoms with E-state index < -0.39 is 11.8 Å². The highest BCUT2D eigenvalue weighted by molar-refractivity contribution is 7.80. The average Bonchev–Trinajstić information content (AvgIpc) is 2.82. The normalized spacial score (nSPS) is 10.4. The number of benzene rings is 2. The molecule has 10 heteroatoms. The first-order valence-corrected chi connectivity index (χ1v) is 10.8. The van der Waals surface area contributed by atoms with Gasteiger partial charge in [-0.1, -0.05) is 18.2 Å². The van der Waals surface area contributed by atoms with Crippen LogP contribution in [0.5, 0.6) is 11.5 Å². The third kappa shape index (κ3) is 8.55. The minimum atomic E-state index is -0.491. The molecule has 34 heavy (non-hydrogen) atoms. The number of rotatable bonds is 8. The monoisotopic (exact) mass is 484 g/mol. The molecule has 0 aliphatic carbocycles. The van der Waals surface area contributed by atoms with Gasteiger partial charge in [0.25, 0.3) is 0 Å². The van der Waals surface area contributed by atoms with Crippen molar-refractivity contribution in [1.82, 2.24) is 16.2 Å². The van der Waals surface area contributed by atoms with Gasteiger partial charge in [0.2, 0.25) is 17.7 Å². The zero-order valence-electron chi connectivity index (χ0n) is 19.5. The van der Waals surface area contributed by atoms with Gasteiger partial charge in [-0.2, -0.15) is 0 Å². The van der Waals surface area contributed by atoms with Crippen LogP contribution in [0.4, 0.5) is 5.69 Å². The summed E-state index contributed by atoms with van der Waals surface area (Å²) in [4.78, 5) is 36.1. The van der Waals surface area contributed by atoms with E-state index in [2.05, 4.69) is 21.5 Å². The van der Waals surface area contributed by atoms with Crippen molar-refractivity contribution < 1.29 is 23.9 Å². The summed E-state index contributed by atoms with van der Waals surface area (Å²) in [5.41, 5.74) is 8.18. The zero-order valence-corrected chi connectivity index (χ0v) is 20.3. The highest BCUT2D eigenvalue weighted by atomic mass is 32.1. The first-order valence-electron chi connectivity index (χ1n) is 10.4. The van der Waals surface area contributed by atoms with Crippen LogP contribution in [0.1, 0.15) is 29.5 Å². The Morgan fingerprint density at radius 2 is 1.62 bits per heavy atom.